The number of halogens is 3. The number of pyridine rings is 3. The lowest BCUT2D eigenvalue weighted by Gasteiger charge is -2.09. The van der Waals surface area contributed by atoms with Crippen molar-refractivity contribution in [2.24, 2.45) is 21.1 Å². The number of carbonyl (C=O) groups excluding carboxylic acids is 1. The summed E-state index contributed by atoms with van der Waals surface area (Å²) in [6.45, 7) is 1.01. The molecule has 0 radical (unpaired) electrons. The zero-order chi connectivity index (χ0) is 43.6. The van der Waals surface area contributed by atoms with Crippen molar-refractivity contribution >= 4 is 52.3 Å². The average Bonchev–Trinajstić information content (AvgIpc) is 4.18. The number of carbonyl (C=O) groups is 1. The predicted octanol–water partition coefficient (Wildman–Crippen LogP) is -0.735. The van der Waals surface area contributed by atoms with Crippen LogP contribution in [-0.4, -0.2) is 44.0 Å². The molecule has 9 heterocycles. The molecule has 0 atom stereocenters. The van der Waals surface area contributed by atoms with Gasteiger partial charge in [0.1, 0.15) is 26.9 Å². The van der Waals surface area contributed by atoms with Crippen molar-refractivity contribution in [3.63, 3.8) is 0 Å². The molecule has 8 bridgehead atoms. The lowest BCUT2D eigenvalue weighted by Crippen LogP contribution is -3.00. The summed E-state index contributed by atoms with van der Waals surface area (Å²) in [6.07, 6.45) is 25.6. The SMILES string of the molecule is C[n+]1ccc(-c2c3nc(c(-c4cc[n+](C)cc4)c4ccc([nH]4)c(-c4cc[n+](C)cc4)c4nc(c(-c5ccc(OCCCNC(=O)Cc6cc[nH]c6)cc5)c5ccc2[nH]5)C=C4)C=C3)cc1.[Cl-].[Cl-].[Cl-]. The molecule has 1 aromatic carbocycles. The van der Waals surface area contributed by atoms with Crippen molar-refractivity contribution in [3.8, 4) is 50.3 Å². The van der Waals surface area contributed by atoms with Gasteiger partial charge in [-0.05, 0) is 101 Å². The topological polar surface area (TPSA) is 123 Å². The third-order valence-electron chi connectivity index (χ3n) is 11.6. The molecule has 0 unspecified atom stereocenters. The van der Waals surface area contributed by atoms with E-state index in [1.165, 1.54) is 0 Å². The first-order valence-electron chi connectivity index (χ1n) is 21.5. The molecule has 14 heteroatoms. The highest BCUT2D eigenvalue weighted by molar-refractivity contribution is 5.99. The Kier molecular flexibility index (Phi) is 14.9. The van der Waals surface area contributed by atoms with Crippen molar-refractivity contribution < 1.29 is 60.5 Å². The molecule has 1 amide bonds. The molecule has 0 saturated carbocycles. The van der Waals surface area contributed by atoms with Gasteiger partial charge < -0.3 is 62.2 Å². The average molecular weight is 949 g/mol. The second-order valence-electron chi connectivity index (χ2n) is 16.2. The van der Waals surface area contributed by atoms with Gasteiger partial charge >= 0.3 is 0 Å². The van der Waals surface area contributed by atoms with Gasteiger partial charge in [0.25, 0.3) is 0 Å². The summed E-state index contributed by atoms with van der Waals surface area (Å²) in [7, 11) is 6.08. The molecule has 67 heavy (non-hydrogen) atoms. The summed E-state index contributed by atoms with van der Waals surface area (Å²) in [5, 5.41) is 2.99. The summed E-state index contributed by atoms with van der Waals surface area (Å²) in [5.41, 5.74) is 16.2. The maximum atomic E-state index is 12.3. The molecule has 8 aromatic rings. The Balaban J connectivity index is 0.00000222. The van der Waals surface area contributed by atoms with Crippen molar-refractivity contribution in [2.45, 2.75) is 12.8 Å². The van der Waals surface area contributed by atoms with E-state index in [1.807, 2.05) is 65.4 Å². The van der Waals surface area contributed by atoms with Crippen LogP contribution in [0.4, 0.5) is 0 Å². The molecule has 0 spiro atoms. The molecular weight excluding hydrogens is 901 g/mol. The van der Waals surface area contributed by atoms with Gasteiger partial charge in [0.15, 0.2) is 37.2 Å². The van der Waals surface area contributed by atoms with Gasteiger partial charge in [-0.2, -0.15) is 0 Å². The van der Waals surface area contributed by atoms with Gasteiger partial charge in [0.2, 0.25) is 5.91 Å². The van der Waals surface area contributed by atoms with Crippen molar-refractivity contribution in [2.75, 3.05) is 13.2 Å². The number of rotatable bonds is 11. The van der Waals surface area contributed by atoms with E-state index in [9.17, 15) is 4.79 Å². The van der Waals surface area contributed by atoms with Gasteiger partial charge in [0.05, 0.1) is 35.8 Å². The summed E-state index contributed by atoms with van der Waals surface area (Å²) in [5.74, 6) is 0.747. The van der Waals surface area contributed by atoms with Gasteiger partial charge in [-0.3, -0.25) is 4.79 Å². The van der Waals surface area contributed by atoms with Crippen LogP contribution in [0.2, 0.25) is 0 Å². The van der Waals surface area contributed by atoms with Gasteiger partial charge in [0, 0.05) is 99.7 Å². The Morgan fingerprint density at radius 2 is 0.925 bits per heavy atom. The number of ether oxygens (including phenoxy) is 1. The van der Waals surface area contributed by atoms with Crippen LogP contribution in [-0.2, 0) is 32.4 Å². The fraction of sp³-hybridized carbons (Fsp3) is 0.132. The normalized spacial score (nSPS) is 11.3. The Bertz CT molecular complexity index is 3210. The van der Waals surface area contributed by atoms with Crippen LogP contribution in [0.3, 0.4) is 0 Å². The monoisotopic (exact) mass is 947 g/mol. The van der Waals surface area contributed by atoms with Crippen LogP contribution in [0.25, 0.3) is 90.9 Å². The van der Waals surface area contributed by atoms with Crippen LogP contribution in [0, 0.1) is 0 Å². The quantitative estimate of drug-likeness (QED) is 0.101. The van der Waals surface area contributed by atoms with Crippen molar-refractivity contribution in [1.29, 1.82) is 0 Å². The van der Waals surface area contributed by atoms with E-state index in [1.54, 1.807) is 0 Å². The minimum atomic E-state index is -0.00401. The van der Waals surface area contributed by atoms with Gasteiger partial charge in [-0.1, -0.05) is 12.1 Å². The molecule has 10 rings (SSSR count). The number of aromatic amines is 3. The van der Waals surface area contributed by atoms with Gasteiger partial charge in [-0.15, -0.1) is 0 Å². The zero-order valence-corrected chi connectivity index (χ0v) is 39.4. The number of aromatic nitrogens is 8. The molecular formula is C53H48Cl3N9O2. The molecule has 7 aromatic heterocycles. The summed E-state index contributed by atoms with van der Waals surface area (Å²) < 4.78 is 12.3. The van der Waals surface area contributed by atoms with E-state index >= 15 is 0 Å². The predicted molar refractivity (Wildman–Crippen MR) is 252 cm³/mol. The third-order valence-corrected chi connectivity index (χ3v) is 11.6. The maximum absolute atomic E-state index is 12.3. The van der Waals surface area contributed by atoms with E-state index in [-0.39, 0.29) is 43.1 Å². The van der Waals surface area contributed by atoms with E-state index in [0.29, 0.717) is 26.0 Å². The number of hydrogen-bond donors (Lipinski definition) is 4. The van der Waals surface area contributed by atoms with Crippen LogP contribution in [0.15, 0.2) is 141 Å². The lowest BCUT2D eigenvalue weighted by molar-refractivity contribution is -0.671. The number of nitrogens with zero attached hydrogens (tertiary/aromatic N) is 5. The minimum Gasteiger partial charge on any atom is -1.00 e. The summed E-state index contributed by atoms with van der Waals surface area (Å²) in [6, 6.07) is 31.5. The first kappa shape index (κ1) is 47.6. The molecule has 0 fully saturated rings. The first-order chi connectivity index (χ1) is 31.3. The van der Waals surface area contributed by atoms with Crippen LogP contribution >= 0.6 is 0 Å². The Morgan fingerprint density at radius 1 is 0.537 bits per heavy atom. The highest BCUT2D eigenvalue weighted by Crippen LogP contribution is 2.38. The van der Waals surface area contributed by atoms with Gasteiger partial charge in [-0.25, -0.2) is 23.7 Å². The smallest absolute Gasteiger partial charge is 0.224 e. The number of nitrogens with one attached hydrogen (secondary N) is 4. The zero-order valence-electron chi connectivity index (χ0n) is 37.1. The fourth-order valence-electron chi connectivity index (χ4n) is 8.35. The second kappa shape index (κ2) is 20.9. The molecule has 11 nitrogen and oxygen atoms in total. The minimum absolute atomic E-state index is 0. The lowest BCUT2D eigenvalue weighted by atomic mass is 10.0. The van der Waals surface area contributed by atoms with E-state index in [2.05, 4.69) is 155 Å². The number of aryl methyl sites for hydroxylation is 3. The number of fused-ring (bicyclic) bond motifs is 8. The Morgan fingerprint density at radius 3 is 1.30 bits per heavy atom. The van der Waals surface area contributed by atoms with Crippen LogP contribution in [0.5, 0.6) is 5.75 Å². The molecule has 0 aliphatic carbocycles. The maximum Gasteiger partial charge on any atom is 0.224 e. The summed E-state index contributed by atoms with van der Waals surface area (Å²) in [4.78, 5) is 33.9. The van der Waals surface area contributed by atoms with E-state index in [4.69, 9.17) is 14.7 Å². The van der Waals surface area contributed by atoms with Crippen molar-refractivity contribution in [1.82, 2.24) is 30.2 Å². The molecule has 0 saturated heterocycles. The van der Waals surface area contributed by atoms with Crippen LogP contribution in [0.1, 0.15) is 34.8 Å². The highest BCUT2D eigenvalue weighted by Gasteiger charge is 2.20. The van der Waals surface area contributed by atoms with Crippen LogP contribution < -0.4 is 61.0 Å². The highest BCUT2D eigenvalue weighted by atomic mass is 35.5. The molecule has 2 aliphatic heterocycles. The number of benzene rings is 1. The fourth-order valence-corrected chi connectivity index (χ4v) is 8.35. The largest absolute Gasteiger partial charge is 1.00 e. The number of hydrogen-bond acceptors (Lipinski definition) is 4. The molecule has 4 N–H and O–H groups in total. The first-order valence-corrected chi connectivity index (χ1v) is 21.5. The number of amides is 1. The molecule has 2 aliphatic rings. The standard InChI is InChI=1S/C53H46N9O2.3ClH/c1-60-26-18-37(19-27-60)51-43-11-9-41(56-43)50(36-5-7-40(8-6-36)64-32-4-24-55-49(63)33-35-17-25-54-34-35)42-10-12-44(57-42)52(38-20-28-61(2)29-21-38)46-14-16-48(59-46)53(47-15-13-45(51)58-47)39-22-30-62(3)31-23-39;;;/h5-23,25-31,34,54H,4,24,32-33H2,1-3H3,(H-,55,56,57,58,59,63);3*1H/q+1;;;/p-1. The third kappa shape index (κ3) is 10.2. The Hall–Kier alpha value is -7.31. The second-order valence-corrected chi connectivity index (χ2v) is 16.2. The van der Waals surface area contributed by atoms with Crippen molar-refractivity contribution in [3.05, 3.63) is 169 Å². The molecule has 338 valence electrons. The van der Waals surface area contributed by atoms with E-state index in [0.717, 1.165) is 101 Å². The van der Waals surface area contributed by atoms with E-state index < -0.39 is 0 Å². The summed E-state index contributed by atoms with van der Waals surface area (Å²) >= 11 is 0. The number of H-pyrrole nitrogens is 3. The Labute approximate surface area is 407 Å².